The van der Waals surface area contributed by atoms with Crippen LogP contribution in [0.25, 0.3) is 6.08 Å². The van der Waals surface area contributed by atoms with Crippen LogP contribution in [0.1, 0.15) is 70.0 Å². The first-order valence-corrected chi connectivity index (χ1v) is 13.3. The second-order valence-electron chi connectivity index (χ2n) is 10.5. The van der Waals surface area contributed by atoms with Crippen LogP contribution in [0.4, 0.5) is 4.39 Å². The molecule has 0 spiro atoms. The van der Waals surface area contributed by atoms with Crippen LogP contribution in [0.2, 0.25) is 0 Å². The molecule has 0 radical (unpaired) electrons. The molecule has 2 aliphatic rings. The van der Waals surface area contributed by atoms with E-state index in [9.17, 15) is 19.8 Å². The summed E-state index contributed by atoms with van der Waals surface area (Å²) >= 11 is 1.38. The first-order chi connectivity index (χ1) is 16.9. The minimum absolute atomic E-state index is 0.0208. The minimum atomic E-state index is -1.41. The van der Waals surface area contributed by atoms with Crippen LogP contribution in [0.3, 0.4) is 0 Å². The molecule has 1 aromatic rings. The highest BCUT2D eigenvalue weighted by Crippen LogP contribution is 2.37. The second kappa shape index (κ2) is 12.0. The van der Waals surface area contributed by atoms with Gasteiger partial charge in [0.1, 0.15) is 11.6 Å². The highest BCUT2D eigenvalue weighted by molar-refractivity contribution is 7.09. The van der Waals surface area contributed by atoms with Gasteiger partial charge in [0.2, 0.25) is 0 Å². The highest BCUT2D eigenvalue weighted by atomic mass is 32.1. The standard InChI is InChI=1S/C27H36FNO6S/c1-6-8-18-25(32)15(2)9-7-10-20-22(34-20)12-21(19(28)11-17-14-36-16(3)29-17)35-24(31)13-23(30)27(4,5)26(18)33/h1,11,14-15,18,20-23,25,30,32H,7-10,12-13H2,2-5H3/b19-11-/t15-,18-,20-,21+,22+,23-,25+/m1/s1. The molecule has 9 heteroatoms. The van der Waals surface area contributed by atoms with Crippen molar-refractivity contribution in [1.82, 2.24) is 4.98 Å². The molecule has 7 atom stereocenters. The van der Waals surface area contributed by atoms with Crippen molar-refractivity contribution in [3.8, 4) is 12.3 Å². The number of cyclic esters (lactones) is 1. The van der Waals surface area contributed by atoms with Gasteiger partial charge in [0, 0.05) is 18.2 Å². The first kappa shape index (κ1) is 28.5. The van der Waals surface area contributed by atoms with Crippen LogP contribution in [0.15, 0.2) is 11.2 Å². The molecular weight excluding hydrogens is 485 g/mol. The summed E-state index contributed by atoms with van der Waals surface area (Å²) < 4.78 is 26.4. The van der Waals surface area contributed by atoms with Gasteiger partial charge in [-0.2, -0.15) is 0 Å². The molecule has 0 aromatic carbocycles. The molecule has 7 nitrogen and oxygen atoms in total. The number of ketones is 1. The lowest BCUT2D eigenvalue weighted by atomic mass is 9.71. The molecule has 1 aromatic heterocycles. The number of carbonyl (C=O) groups excluding carboxylic acids is 2. The van der Waals surface area contributed by atoms with E-state index in [-0.39, 0.29) is 31.0 Å². The SMILES string of the molecule is C#CC[C@H]1C(=O)C(C)(C)[C@H](O)CC(=O)O[C@H](/C(F)=C/c2csc(C)n2)C[C@@H]2O[C@@H]2CCC[C@@H](C)[C@@H]1O. The molecule has 0 bridgehead atoms. The molecule has 2 aliphatic heterocycles. The average molecular weight is 522 g/mol. The third-order valence-corrected chi connectivity index (χ3v) is 8.08. The number of ether oxygens (including phenoxy) is 2. The summed E-state index contributed by atoms with van der Waals surface area (Å²) in [6.07, 6.45) is 4.55. The Labute approximate surface area is 216 Å². The van der Waals surface area contributed by atoms with Gasteiger partial charge in [-0.1, -0.05) is 27.2 Å². The normalized spacial score (nSPS) is 34.4. The number of fused-ring (bicyclic) bond motifs is 1. The fourth-order valence-electron chi connectivity index (χ4n) is 4.71. The van der Waals surface area contributed by atoms with Gasteiger partial charge in [0.15, 0.2) is 6.10 Å². The number of Topliss-reactive ketones (excluding diaryl/α,β-unsaturated/α-hetero) is 1. The molecule has 198 valence electrons. The number of aliphatic hydroxyl groups is 2. The fourth-order valence-corrected chi connectivity index (χ4v) is 5.28. The first-order valence-electron chi connectivity index (χ1n) is 12.4. The Kier molecular flexibility index (Phi) is 9.44. The minimum Gasteiger partial charge on any atom is -0.455 e. The molecule has 3 rings (SSSR count). The van der Waals surface area contributed by atoms with E-state index in [0.29, 0.717) is 18.5 Å². The van der Waals surface area contributed by atoms with E-state index < -0.39 is 53.6 Å². The number of epoxide rings is 1. The topological polar surface area (TPSA) is 109 Å². The summed E-state index contributed by atoms with van der Waals surface area (Å²) in [6.45, 7) is 6.71. The zero-order valence-corrected chi connectivity index (χ0v) is 22.1. The van der Waals surface area contributed by atoms with E-state index in [4.69, 9.17) is 15.9 Å². The zero-order chi connectivity index (χ0) is 26.6. The summed E-state index contributed by atoms with van der Waals surface area (Å²) in [7, 11) is 0. The maximum absolute atomic E-state index is 15.2. The van der Waals surface area contributed by atoms with Crippen molar-refractivity contribution in [2.75, 3.05) is 0 Å². The molecule has 0 aliphatic carbocycles. The number of hydrogen-bond acceptors (Lipinski definition) is 8. The molecular formula is C27H36FNO6S. The average Bonchev–Trinajstić information content (AvgIpc) is 3.42. The summed E-state index contributed by atoms with van der Waals surface area (Å²) in [4.78, 5) is 30.4. The van der Waals surface area contributed by atoms with E-state index in [0.717, 1.165) is 11.4 Å². The number of thiazole rings is 1. The molecule has 2 N–H and O–H groups in total. The summed E-state index contributed by atoms with van der Waals surface area (Å²) in [5.74, 6) is -0.526. The lowest BCUT2D eigenvalue weighted by molar-refractivity contribution is -0.155. The largest absolute Gasteiger partial charge is 0.455 e. The maximum atomic E-state index is 15.2. The third-order valence-electron chi connectivity index (χ3n) is 7.28. The van der Waals surface area contributed by atoms with Crippen molar-refractivity contribution in [3.05, 3.63) is 21.9 Å². The van der Waals surface area contributed by atoms with E-state index in [1.54, 1.807) is 5.38 Å². The number of nitrogens with zero attached hydrogens (tertiary/aromatic N) is 1. The van der Waals surface area contributed by atoms with Crippen molar-refractivity contribution in [2.24, 2.45) is 17.3 Å². The molecule has 2 fully saturated rings. The zero-order valence-electron chi connectivity index (χ0n) is 21.3. The number of rotatable bonds is 3. The van der Waals surface area contributed by atoms with Gasteiger partial charge in [-0.3, -0.25) is 9.59 Å². The van der Waals surface area contributed by atoms with Gasteiger partial charge in [0.05, 0.1) is 52.9 Å². The smallest absolute Gasteiger partial charge is 0.309 e. The van der Waals surface area contributed by atoms with Crippen molar-refractivity contribution in [2.45, 2.75) is 96.7 Å². The van der Waals surface area contributed by atoms with E-state index in [1.807, 2.05) is 13.8 Å². The van der Waals surface area contributed by atoms with E-state index >= 15 is 4.39 Å². The highest BCUT2D eigenvalue weighted by Gasteiger charge is 2.45. The quantitative estimate of drug-likeness (QED) is 0.352. The van der Waals surface area contributed by atoms with E-state index in [2.05, 4.69) is 10.9 Å². The van der Waals surface area contributed by atoms with Gasteiger partial charge in [-0.25, -0.2) is 9.37 Å². The molecule has 36 heavy (non-hydrogen) atoms. The maximum Gasteiger partial charge on any atom is 0.309 e. The van der Waals surface area contributed by atoms with Crippen molar-refractivity contribution in [3.63, 3.8) is 0 Å². The Morgan fingerprint density at radius 3 is 2.69 bits per heavy atom. The predicted molar refractivity (Wildman–Crippen MR) is 134 cm³/mol. The Morgan fingerprint density at radius 1 is 1.33 bits per heavy atom. The Bertz CT molecular complexity index is 1010. The van der Waals surface area contributed by atoms with Crippen LogP contribution in [0, 0.1) is 36.5 Å². The lowest BCUT2D eigenvalue weighted by Crippen LogP contribution is -2.46. The molecule has 2 saturated heterocycles. The van der Waals surface area contributed by atoms with Crippen LogP contribution < -0.4 is 0 Å². The summed E-state index contributed by atoms with van der Waals surface area (Å²) in [5.41, 5.74) is -0.948. The van der Waals surface area contributed by atoms with Gasteiger partial charge in [-0.05, 0) is 31.8 Å². The summed E-state index contributed by atoms with van der Waals surface area (Å²) in [5, 5.41) is 24.3. The molecule has 0 saturated carbocycles. The Morgan fingerprint density at radius 2 is 2.06 bits per heavy atom. The van der Waals surface area contributed by atoms with E-state index in [1.165, 1.54) is 31.3 Å². The fraction of sp³-hybridized carbons (Fsp3) is 0.667. The second-order valence-corrected chi connectivity index (χ2v) is 11.5. The number of esters is 1. The number of halogens is 1. The van der Waals surface area contributed by atoms with Gasteiger partial charge in [0.25, 0.3) is 0 Å². The molecule has 0 amide bonds. The summed E-state index contributed by atoms with van der Waals surface area (Å²) in [6, 6.07) is 0. The molecule has 3 heterocycles. The number of hydrogen-bond donors (Lipinski definition) is 2. The number of aliphatic hydroxyl groups excluding tert-OH is 2. The van der Waals surface area contributed by atoms with Gasteiger partial charge in [-0.15, -0.1) is 23.7 Å². The Hall–Kier alpha value is -2.12. The monoisotopic (exact) mass is 521 g/mol. The number of aromatic nitrogens is 1. The van der Waals surface area contributed by atoms with Crippen molar-refractivity contribution in [1.29, 1.82) is 0 Å². The Balaban J connectivity index is 1.85. The predicted octanol–water partition coefficient (Wildman–Crippen LogP) is 4.00. The number of terminal acetylenes is 1. The third kappa shape index (κ3) is 7.00. The molecule has 0 unspecified atom stereocenters. The van der Waals surface area contributed by atoms with Crippen molar-refractivity contribution >= 4 is 29.2 Å². The van der Waals surface area contributed by atoms with Crippen molar-refractivity contribution < 1.29 is 33.7 Å². The van der Waals surface area contributed by atoms with Crippen LogP contribution in [-0.4, -0.2) is 57.5 Å². The van der Waals surface area contributed by atoms with Crippen LogP contribution in [0.5, 0.6) is 0 Å². The van der Waals surface area contributed by atoms with Gasteiger partial charge >= 0.3 is 5.97 Å². The van der Waals surface area contributed by atoms with Gasteiger partial charge < -0.3 is 19.7 Å². The lowest BCUT2D eigenvalue weighted by Gasteiger charge is -2.35. The number of aryl methyl sites for hydroxylation is 1. The number of carbonyl (C=O) groups is 2. The van der Waals surface area contributed by atoms with Crippen LogP contribution >= 0.6 is 11.3 Å². The van der Waals surface area contributed by atoms with Crippen LogP contribution in [-0.2, 0) is 19.1 Å².